The van der Waals surface area contributed by atoms with Gasteiger partial charge in [-0.25, -0.2) is 0 Å². The van der Waals surface area contributed by atoms with Gasteiger partial charge >= 0.3 is 0 Å². The van der Waals surface area contributed by atoms with E-state index in [1.165, 1.54) is 10.8 Å². The zero-order valence-corrected chi connectivity index (χ0v) is 13.3. The van der Waals surface area contributed by atoms with Gasteiger partial charge in [0.1, 0.15) is 0 Å². The smallest absolute Gasteiger partial charge is 0.194 e. The summed E-state index contributed by atoms with van der Waals surface area (Å²) in [6.45, 7) is 0. The van der Waals surface area contributed by atoms with Crippen LogP contribution in [-0.2, 0) is 0 Å². The van der Waals surface area contributed by atoms with Crippen LogP contribution in [-0.4, -0.2) is 10.8 Å². The van der Waals surface area contributed by atoms with Gasteiger partial charge in [-0.15, -0.1) is 0 Å². The third kappa shape index (κ3) is 1.52. The molecule has 0 radical (unpaired) electrons. The van der Waals surface area contributed by atoms with Crippen LogP contribution in [0.3, 0.4) is 0 Å². The molecule has 116 valence electrons. The number of H-pyrrole nitrogens is 1. The summed E-state index contributed by atoms with van der Waals surface area (Å²) in [6, 6.07) is 24.7. The molecule has 25 heavy (non-hydrogen) atoms. The summed E-state index contributed by atoms with van der Waals surface area (Å²) in [5.74, 6) is 0.130. The highest BCUT2D eigenvalue weighted by atomic mass is 16.1. The van der Waals surface area contributed by atoms with E-state index < -0.39 is 0 Å². The molecular formula is C23H13NO. The Morgan fingerprint density at radius 2 is 1.32 bits per heavy atom. The molecule has 0 atom stereocenters. The van der Waals surface area contributed by atoms with E-state index in [2.05, 4.69) is 53.5 Å². The van der Waals surface area contributed by atoms with Crippen molar-refractivity contribution in [3.05, 3.63) is 83.9 Å². The first-order valence-corrected chi connectivity index (χ1v) is 8.43. The van der Waals surface area contributed by atoms with Crippen LogP contribution in [0.25, 0.3) is 43.7 Å². The summed E-state index contributed by atoms with van der Waals surface area (Å²) in [6.07, 6.45) is 0. The van der Waals surface area contributed by atoms with Crippen LogP contribution in [0.15, 0.2) is 72.8 Å². The van der Waals surface area contributed by atoms with E-state index in [1.807, 2.05) is 24.3 Å². The maximum absolute atomic E-state index is 13.2. The van der Waals surface area contributed by atoms with Gasteiger partial charge in [0, 0.05) is 32.9 Å². The number of carbonyl (C=O) groups is 1. The quantitative estimate of drug-likeness (QED) is 0.383. The van der Waals surface area contributed by atoms with Crippen molar-refractivity contribution in [2.24, 2.45) is 0 Å². The zero-order valence-electron chi connectivity index (χ0n) is 13.3. The van der Waals surface area contributed by atoms with Crippen LogP contribution in [0.1, 0.15) is 15.9 Å². The number of hydrogen-bond acceptors (Lipinski definition) is 1. The molecule has 0 aliphatic heterocycles. The molecule has 0 saturated heterocycles. The fourth-order valence-electron chi connectivity index (χ4n) is 4.27. The van der Waals surface area contributed by atoms with E-state index in [0.717, 1.165) is 44.1 Å². The van der Waals surface area contributed by atoms with Gasteiger partial charge in [0.15, 0.2) is 5.78 Å². The molecule has 5 aromatic rings. The van der Waals surface area contributed by atoms with Gasteiger partial charge in [0.25, 0.3) is 0 Å². The first-order chi connectivity index (χ1) is 12.3. The van der Waals surface area contributed by atoms with Crippen LogP contribution in [0.2, 0.25) is 0 Å². The Labute approximate surface area is 143 Å². The molecule has 0 saturated carbocycles. The lowest BCUT2D eigenvalue weighted by Gasteiger charge is -2.04. The minimum absolute atomic E-state index is 0.130. The van der Waals surface area contributed by atoms with Crippen molar-refractivity contribution in [2.45, 2.75) is 0 Å². The van der Waals surface area contributed by atoms with Crippen LogP contribution >= 0.6 is 0 Å². The van der Waals surface area contributed by atoms with Crippen LogP contribution in [0.4, 0.5) is 0 Å². The number of carbonyl (C=O) groups excluding carboxylic acids is 1. The van der Waals surface area contributed by atoms with Crippen LogP contribution < -0.4 is 0 Å². The number of benzene rings is 4. The summed E-state index contributed by atoms with van der Waals surface area (Å²) in [7, 11) is 0. The van der Waals surface area contributed by atoms with Crippen molar-refractivity contribution in [3.8, 4) is 11.1 Å². The Bertz CT molecular complexity index is 1360. The summed E-state index contributed by atoms with van der Waals surface area (Å²) < 4.78 is 0. The van der Waals surface area contributed by atoms with Crippen LogP contribution in [0.5, 0.6) is 0 Å². The molecule has 6 rings (SSSR count). The SMILES string of the molecule is O=C1c2ccccc2-c2ccc3[nH]c4ccc5ccccc5c4c3c21. The summed E-state index contributed by atoms with van der Waals surface area (Å²) in [5, 5.41) is 4.57. The molecule has 0 bridgehead atoms. The molecule has 2 heteroatoms. The van der Waals surface area contributed by atoms with E-state index in [4.69, 9.17) is 0 Å². The van der Waals surface area contributed by atoms with Gasteiger partial charge in [-0.1, -0.05) is 60.7 Å². The number of aromatic amines is 1. The highest BCUT2D eigenvalue weighted by Gasteiger charge is 2.29. The third-order valence-electron chi connectivity index (χ3n) is 5.34. The molecule has 1 aliphatic rings. The molecule has 2 nitrogen and oxygen atoms in total. The lowest BCUT2D eigenvalue weighted by Crippen LogP contribution is -1.95. The molecule has 4 aromatic carbocycles. The lowest BCUT2D eigenvalue weighted by molar-refractivity contribution is 0.104. The molecule has 1 N–H and O–H groups in total. The Morgan fingerprint density at radius 3 is 2.24 bits per heavy atom. The number of aromatic nitrogens is 1. The van der Waals surface area contributed by atoms with Gasteiger partial charge < -0.3 is 4.98 Å². The van der Waals surface area contributed by atoms with Crippen molar-refractivity contribution in [1.82, 2.24) is 4.98 Å². The predicted molar refractivity (Wildman–Crippen MR) is 102 cm³/mol. The molecular weight excluding hydrogens is 306 g/mol. The first-order valence-electron chi connectivity index (χ1n) is 8.43. The minimum atomic E-state index is 0.130. The number of nitrogens with one attached hydrogen (secondary N) is 1. The number of fused-ring (bicyclic) bond motifs is 9. The Balaban J connectivity index is 1.88. The van der Waals surface area contributed by atoms with Crippen molar-refractivity contribution in [3.63, 3.8) is 0 Å². The molecule has 0 unspecified atom stereocenters. The maximum Gasteiger partial charge on any atom is 0.194 e. The number of rotatable bonds is 0. The molecule has 1 heterocycles. The monoisotopic (exact) mass is 319 g/mol. The van der Waals surface area contributed by atoms with Crippen molar-refractivity contribution in [1.29, 1.82) is 0 Å². The summed E-state index contributed by atoms with van der Waals surface area (Å²) in [4.78, 5) is 16.7. The van der Waals surface area contributed by atoms with Crippen LogP contribution in [0, 0.1) is 0 Å². The maximum atomic E-state index is 13.2. The van der Waals surface area contributed by atoms with Gasteiger partial charge in [-0.2, -0.15) is 0 Å². The molecule has 0 spiro atoms. The van der Waals surface area contributed by atoms with Gasteiger partial charge in [-0.3, -0.25) is 4.79 Å². The number of hydrogen-bond donors (Lipinski definition) is 1. The van der Waals surface area contributed by atoms with E-state index >= 15 is 0 Å². The van der Waals surface area contributed by atoms with Gasteiger partial charge in [0.2, 0.25) is 0 Å². The second kappa shape index (κ2) is 4.37. The molecule has 1 aromatic heterocycles. The predicted octanol–water partition coefficient (Wildman–Crippen LogP) is 5.69. The lowest BCUT2D eigenvalue weighted by atomic mass is 9.97. The third-order valence-corrected chi connectivity index (χ3v) is 5.34. The first kappa shape index (κ1) is 13.0. The standard InChI is InChI=1S/C23H13NO/c25-23-17-8-4-3-7-15(17)16-10-12-19-22(21(16)23)20-14-6-2-1-5-13(14)9-11-18(20)24-19/h1-12,24H. The van der Waals surface area contributed by atoms with E-state index in [-0.39, 0.29) is 5.78 Å². The molecule has 0 fully saturated rings. The fourth-order valence-corrected chi connectivity index (χ4v) is 4.27. The van der Waals surface area contributed by atoms with Gasteiger partial charge in [0.05, 0.1) is 0 Å². The van der Waals surface area contributed by atoms with Gasteiger partial charge in [-0.05, 0) is 34.0 Å². The van der Waals surface area contributed by atoms with E-state index in [1.54, 1.807) is 0 Å². The molecule has 1 aliphatic carbocycles. The normalized spacial score (nSPS) is 12.9. The Morgan fingerprint density at radius 1 is 0.600 bits per heavy atom. The van der Waals surface area contributed by atoms with Crippen molar-refractivity contribution < 1.29 is 4.79 Å². The van der Waals surface area contributed by atoms with E-state index in [0.29, 0.717) is 0 Å². The summed E-state index contributed by atoms with van der Waals surface area (Å²) in [5.41, 5.74) is 5.82. The fraction of sp³-hybridized carbons (Fsp3) is 0. The second-order valence-corrected chi connectivity index (χ2v) is 6.62. The molecule has 0 amide bonds. The highest BCUT2D eigenvalue weighted by Crippen LogP contribution is 2.43. The topological polar surface area (TPSA) is 32.9 Å². The number of ketones is 1. The zero-order chi connectivity index (χ0) is 16.5. The van der Waals surface area contributed by atoms with Crippen molar-refractivity contribution in [2.75, 3.05) is 0 Å². The largest absolute Gasteiger partial charge is 0.354 e. The van der Waals surface area contributed by atoms with Crippen molar-refractivity contribution >= 4 is 38.4 Å². The minimum Gasteiger partial charge on any atom is -0.354 e. The Kier molecular flexibility index (Phi) is 2.26. The summed E-state index contributed by atoms with van der Waals surface area (Å²) >= 11 is 0. The average Bonchev–Trinajstić information content (AvgIpc) is 3.18. The second-order valence-electron chi connectivity index (χ2n) is 6.62. The Hall–Kier alpha value is -3.39. The van der Waals surface area contributed by atoms with E-state index in [9.17, 15) is 4.79 Å². The average molecular weight is 319 g/mol. The highest BCUT2D eigenvalue weighted by molar-refractivity contribution is 6.33.